The second-order valence-corrected chi connectivity index (χ2v) is 5.10. The van der Waals surface area contributed by atoms with Crippen molar-refractivity contribution >= 4 is 29.9 Å². The molecule has 1 saturated carbocycles. The molecule has 2 N–H and O–H groups in total. The quantitative estimate of drug-likeness (QED) is 0.460. The van der Waals surface area contributed by atoms with Crippen LogP contribution in [0.15, 0.2) is 23.2 Å². The number of hydrogen-bond acceptors (Lipinski definition) is 1. The molecule has 1 fully saturated rings. The summed E-state index contributed by atoms with van der Waals surface area (Å²) in [6.45, 7) is 6.12. The van der Waals surface area contributed by atoms with E-state index in [1.54, 1.807) is 19.1 Å². The average Bonchev–Trinajstić information content (AvgIpc) is 3.21. The highest BCUT2D eigenvalue weighted by atomic mass is 127. The summed E-state index contributed by atoms with van der Waals surface area (Å²) >= 11 is 0. The first-order valence-electron chi connectivity index (χ1n) is 6.96. The molecule has 0 aromatic heterocycles. The standard InChI is InChI=1S/C15H22FN3.HI/c1-3-17-15(18-9-12-6-7-12)19-10-13-5-4-11(2)14(16)8-13;/h4-5,8,12H,3,6-7,9-10H2,1-2H3,(H2,17,18,19);1H. The van der Waals surface area contributed by atoms with Gasteiger partial charge >= 0.3 is 0 Å². The lowest BCUT2D eigenvalue weighted by Gasteiger charge is -2.10. The topological polar surface area (TPSA) is 36.4 Å². The van der Waals surface area contributed by atoms with Crippen molar-refractivity contribution < 1.29 is 4.39 Å². The third kappa shape index (κ3) is 5.64. The zero-order valence-corrected chi connectivity index (χ0v) is 14.4. The van der Waals surface area contributed by atoms with Crippen LogP contribution in [0.5, 0.6) is 0 Å². The minimum atomic E-state index is -0.163. The van der Waals surface area contributed by atoms with Crippen molar-refractivity contribution in [3.8, 4) is 0 Å². The molecule has 1 aliphatic carbocycles. The molecule has 112 valence electrons. The molecule has 20 heavy (non-hydrogen) atoms. The van der Waals surface area contributed by atoms with Crippen LogP contribution in [0.1, 0.15) is 30.9 Å². The molecule has 0 heterocycles. The van der Waals surface area contributed by atoms with Crippen LogP contribution in [0.2, 0.25) is 0 Å². The van der Waals surface area contributed by atoms with Gasteiger partial charge < -0.3 is 10.6 Å². The van der Waals surface area contributed by atoms with Gasteiger partial charge in [-0.3, -0.25) is 0 Å². The number of nitrogens with one attached hydrogen (secondary N) is 2. The Hall–Kier alpha value is -0.850. The van der Waals surface area contributed by atoms with E-state index in [4.69, 9.17) is 0 Å². The van der Waals surface area contributed by atoms with Crippen LogP contribution in [0, 0.1) is 18.7 Å². The molecule has 0 radical (unpaired) electrons. The van der Waals surface area contributed by atoms with Gasteiger partial charge in [-0.25, -0.2) is 9.38 Å². The van der Waals surface area contributed by atoms with Crippen molar-refractivity contribution in [2.75, 3.05) is 13.1 Å². The fraction of sp³-hybridized carbons (Fsp3) is 0.533. The van der Waals surface area contributed by atoms with Crippen LogP contribution in [-0.4, -0.2) is 19.0 Å². The molecule has 0 spiro atoms. The molecule has 1 aromatic carbocycles. The summed E-state index contributed by atoms with van der Waals surface area (Å²) < 4.78 is 13.4. The Bertz CT molecular complexity index is 458. The third-order valence-electron chi connectivity index (χ3n) is 3.26. The van der Waals surface area contributed by atoms with E-state index in [1.165, 1.54) is 12.8 Å². The Labute approximate surface area is 137 Å². The Morgan fingerprint density at radius 2 is 2.10 bits per heavy atom. The SMILES string of the molecule is CCNC(=NCc1ccc(C)c(F)c1)NCC1CC1.I. The molecule has 0 saturated heterocycles. The Morgan fingerprint density at radius 1 is 1.35 bits per heavy atom. The first-order chi connectivity index (χ1) is 9.19. The summed E-state index contributed by atoms with van der Waals surface area (Å²) in [5.74, 6) is 1.46. The van der Waals surface area contributed by atoms with Gasteiger partial charge in [0, 0.05) is 13.1 Å². The van der Waals surface area contributed by atoms with Gasteiger partial charge in [0.25, 0.3) is 0 Å². The zero-order chi connectivity index (χ0) is 13.7. The van der Waals surface area contributed by atoms with E-state index in [2.05, 4.69) is 15.6 Å². The summed E-state index contributed by atoms with van der Waals surface area (Å²) in [5.41, 5.74) is 1.57. The van der Waals surface area contributed by atoms with Crippen LogP contribution in [0.25, 0.3) is 0 Å². The molecule has 0 aliphatic heterocycles. The fourth-order valence-electron chi connectivity index (χ4n) is 1.81. The van der Waals surface area contributed by atoms with Gasteiger partial charge in [0.05, 0.1) is 6.54 Å². The number of hydrogen-bond donors (Lipinski definition) is 2. The van der Waals surface area contributed by atoms with Gasteiger partial charge in [-0.15, -0.1) is 24.0 Å². The highest BCUT2D eigenvalue weighted by Gasteiger charge is 2.20. The first kappa shape index (κ1) is 17.2. The Morgan fingerprint density at radius 3 is 2.70 bits per heavy atom. The molecule has 0 atom stereocenters. The summed E-state index contributed by atoms with van der Waals surface area (Å²) in [7, 11) is 0. The average molecular weight is 391 g/mol. The number of rotatable bonds is 5. The molecule has 2 rings (SSSR count). The number of aliphatic imine (C=N–C) groups is 1. The lowest BCUT2D eigenvalue weighted by atomic mass is 10.1. The molecule has 5 heteroatoms. The van der Waals surface area contributed by atoms with Gasteiger partial charge in [0.2, 0.25) is 0 Å². The summed E-state index contributed by atoms with van der Waals surface area (Å²) in [6, 6.07) is 5.28. The van der Waals surface area contributed by atoms with E-state index in [0.717, 1.165) is 30.5 Å². The molecule has 0 amide bonds. The monoisotopic (exact) mass is 391 g/mol. The molecular weight excluding hydrogens is 368 g/mol. The Balaban J connectivity index is 0.00000200. The predicted octanol–water partition coefficient (Wildman–Crippen LogP) is 3.22. The molecule has 3 nitrogen and oxygen atoms in total. The lowest BCUT2D eigenvalue weighted by Crippen LogP contribution is -2.38. The van der Waals surface area contributed by atoms with Crippen molar-refractivity contribution in [1.29, 1.82) is 0 Å². The second kappa shape index (κ2) is 8.44. The van der Waals surface area contributed by atoms with Crippen LogP contribution < -0.4 is 10.6 Å². The van der Waals surface area contributed by atoms with Crippen LogP contribution >= 0.6 is 24.0 Å². The van der Waals surface area contributed by atoms with E-state index in [0.29, 0.717) is 12.1 Å². The number of guanidine groups is 1. The van der Waals surface area contributed by atoms with Gasteiger partial charge in [-0.1, -0.05) is 12.1 Å². The molecule has 1 aromatic rings. The van der Waals surface area contributed by atoms with E-state index in [1.807, 2.05) is 13.0 Å². The number of benzene rings is 1. The van der Waals surface area contributed by atoms with E-state index < -0.39 is 0 Å². The molecule has 1 aliphatic rings. The molecule has 0 bridgehead atoms. The van der Waals surface area contributed by atoms with E-state index >= 15 is 0 Å². The largest absolute Gasteiger partial charge is 0.357 e. The molecule has 0 unspecified atom stereocenters. The maximum absolute atomic E-state index is 13.4. The number of aryl methyl sites for hydroxylation is 1. The van der Waals surface area contributed by atoms with E-state index in [-0.39, 0.29) is 29.8 Å². The maximum Gasteiger partial charge on any atom is 0.191 e. The van der Waals surface area contributed by atoms with Gasteiger partial charge in [0.15, 0.2) is 5.96 Å². The fourth-order valence-corrected chi connectivity index (χ4v) is 1.81. The zero-order valence-electron chi connectivity index (χ0n) is 12.1. The lowest BCUT2D eigenvalue weighted by molar-refractivity contribution is 0.616. The molecular formula is C15H23FIN3. The highest BCUT2D eigenvalue weighted by molar-refractivity contribution is 14.0. The van der Waals surface area contributed by atoms with Gasteiger partial charge in [0.1, 0.15) is 5.82 Å². The number of nitrogens with zero attached hydrogens (tertiary/aromatic N) is 1. The van der Waals surface area contributed by atoms with Gasteiger partial charge in [-0.05, 0) is 49.8 Å². The van der Waals surface area contributed by atoms with E-state index in [9.17, 15) is 4.39 Å². The van der Waals surface area contributed by atoms with Gasteiger partial charge in [-0.2, -0.15) is 0 Å². The van der Waals surface area contributed by atoms with Crippen molar-refractivity contribution in [3.63, 3.8) is 0 Å². The summed E-state index contributed by atoms with van der Waals surface area (Å²) in [4.78, 5) is 4.48. The minimum Gasteiger partial charge on any atom is -0.357 e. The van der Waals surface area contributed by atoms with Crippen LogP contribution in [-0.2, 0) is 6.54 Å². The Kier molecular flexibility index (Phi) is 7.26. The normalized spacial score (nSPS) is 14.7. The highest BCUT2D eigenvalue weighted by Crippen LogP contribution is 2.27. The minimum absolute atomic E-state index is 0. The maximum atomic E-state index is 13.4. The second-order valence-electron chi connectivity index (χ2n) is 5.10. The summed E-state index contributed by atoms with van der Waals surface area (Å²) in [6.07, 6.45) is 2.63. The number of halogens is 2. The third-order valence-corrected chi connectivity index (χ3v) is 3.26. The predicted molar refractivity (Wildman–Crippen MR) is 92.1 cm³/mol. The smallest absolute Gasteiger partial charge is 0.191 e. The van der Waals surface area contributed by atoms with Crippen molar-refractivity contribution in [2.24, 2.45) is 10.9 Å². The van der Waals surface area contributed by atoms with Crippen LogP contribution in [0.4, 0.5) is 4.39 Å². The van der Waals surface area contributed by atoms with Crippen LogP contribution in [0.3, 0.4) is 0 Å². The van der Waals surface area contributed by atoms with Crippen molar-refractivity contribution in [1.82, 2.24) is 10.6 Å². The first-order valence-corrected chi connectivity index (χ1v) is 6.96. The van der Waals surface area contributed by atoms with Crippen molar-refractivity contribution in [3.05, 3.63) is 35.1 Å². The summed E-state index contributed by atoms with van der Waals surface area (Å²) in [5, 5.41) is 6.53. The van der Waals surface area contributed by atoms with Crippen molar-refractivity contribution in [2.45, 2.75) is 33.2 Å².